The van der Waals surface area contributed by atoms with Crippen LogP contribution in [0.2, 0.25) is 0 Å². The summed E-state index contributed by atoms with van der Waals surface area (Å²) in [6.45, 7) is 0.268. The molecule has 2 heteroatoms. The van der Waals surface area contributed by atoms with E-state index in [0.717, 1.165) is 0 Å². The molecule has 2 aromatic rings. The van der Waals surface area contributed by atoms with Gasteiger partial charge in [0, 0.05) is 25.0 Å². The van der Waals surface area contributed by atoms with Crippen molar-refractivity contribution in [1.29, 1.82) is 0 Å². The van der Waals surface area contributed by atoms with Gasteiger partial charge < -0.3 is 10.2 Å². The minimum Gasteiger partial charge on any atom is -0.396 e. The summed E-state index contributed by atoms with van der Waals surface area (Å²) in [5.74, 6) is 0.675. The highest BCUT2D eigenvalue weighted by Crippen LogP contribution is 2.57. The predicted molar refractivity (Wildman–Crippen MR) is 77.7 cm³/mol. The van der Waals surface area contributed by atoms with Gasteiger partial charge in [-0.2, -0.15) is 0 Å². The molecule has 0 fully saturated rings. The molecule has 20 heavy (non-hydrogen) atoms. The highest BCUT2D eigenvalue weighted by molar-refractivity contribution is 5.56. The van der Waals surface area contributed by atoms with Crippen molar-refractivity contribution >= 4 is 0 Å². The average molecular weight is 266 g/mol. The molecule has 102 valence electrons. The topological polar surface area (TPSA) is 40.5 Å². The van der Waals surface area contributed by atoms with E-state index >= 15 is 0 Å². The Morgan fingerprint density at radius 3 is 1.15 bits per heavy atom. The van der Waals surface area contributed by atoms with E-state index in [4.69, 9.17) is 0 Å². The molecular weight excluding hydrogens is 248 g/mol. The summed E-state index contributed by atoms with van der Waals surface area (Å²) in [7, 11) is 0. The van der Waals surface area contributed by atoms with Gasteiger partial charge in [-0.25, -0.2) is 0 Å². The normalized spacial score (nSPS) is 29.9. The SMILES string of the molecule is OC[C@H]1[C@H]2c3ccccc3[C@@H](c3ccccc32)[C@@H]1CO. The molecule has 2 atom stereocenters. The molecule has 0 saturated heterocycles. The Bertz CT molecular complexity index is 546. The summed E-state index contributed by atoms with van der Waals surface area (Å²) in [6.07, 6.45) is 0. The van der Waals surface area contributed by atoms with Crippen LogP contribution < -0.4 is 0 Å². The van der Waals surface area contributed by atoms with E-state index in [9.17, 15) is 10.2 Å². The zero-order valence-corrected chi connectivity index (χ0v) is 11.2. The summed E-state index contributed by atoms with van der Waals surface area (Å²) in [4.78, 5) is 0. The second-order valence-corrected chi connectivity index (χ2v) is 5.91. The van der Waals surface area contributed by atoms with Crippen molar-refractivity contribution in [2.75, 3.05) is 13.2 Å². The van der Waals surface area contributed by atoms with Crippen LogP contribution in [0.15, 0.2) is 48.5 Å². The lowest BCUT2D eigenvalue weighted by Gasteiger charge is -2.49. The maximum Gasteiger partial charge on any atom is 0.0472 e. The second-order valence-electron chi connectivity index (χ2n) is 5.91. The smallest absolute Gasteiger partial charge is 0.0472 e. The molecule has 0 saturated carbocycles. The second kappa shape index (κ2) is 4.44. The summed E-state index contributed by atoms with van der Waals surface area (Å²) >= 11 is 0. The maximum atomic E-state index is 9.85. The van der Waals surface area contributed by atoms with Gasteiger partial charge in [-0.15, -0.1) is 0 Å². The molecule has 2 bridgehead atoms. The highest BCUT2D eigenvalue weighted by atomic mass is 16.3. The van der Waals surface area contributed by atoms with Crippen LogP contribution in [0.5, 0.6) is 0 Å². The molecule has 0 radical (unpaired) electrons. The number of aliphatic hydroxyl groups excluding tert-OH is 2. The van der Waals surface area contributed by atoms with Crippen LogP contribution in [0.4, 0.5) is 0 Å². The predicted octanol–water partition coefficient (Wildman–Crippen LogP) is 2.49. The van der Waals surface area contributed by atoms with Gasteiger partial charge in [-0.05, 0) is 34.1 Å². The first kappa shape index (κ1) is 12.1. The molecular formula is C18H18O2. The third-order valence-corrected chi connectivity index (χ3v) is 5.16. The molecule has 0 spiro atoms. The van der Waals surface area contributed by atoms with Crippen LogP contribution in [0, 0.1) is 11.8 Å². The van der Waals surface area contributed by atoms with E-state index in [2.05, 4.69) is 48.5 Å². The zero-order chi connectivity index (χ0) is 13.7. The van der Waals surface area contributed by atoms with Crippen LogP contribution in [0.1, 0.15) is 34.1 Å². The number of hydrogen-bond donors (Lipinski definition) is 2. The van der Waals surface area contributed by atoms with Crippen molar-refractivity contribution in [2.45, 2.75) is 11.8 Å². The van der Waals surface area contributed by atoms with E-state index in [0.29, 0.717) is 0 Å². The largest absolute Gasteiger partial charge is 0.396 e. The van der Waals surface area contributed by atoms with Crippen molar-refractivity contribution in [3.05, 3.63) is 70.8 Å². The first-order valence-corrected chi connectivity index (χ1v) is 7.26. The van der Waals surface area contributed by atoms with Crippen molar-refractivity contribution in [3.63, 3.8) is 0 Å². The summed E-state index contributed by atoms with van der Waals surface area (Å²) in [5.41, 5.74) is 5.33. The highest BCUT2D eigenvalue weighted by Gasteiger charge is 2.48. The van der Waals surface area contributed by atoms with Crippen molar-refractivity contribution in [1.82, 2.24) is 0 Å². The number of fused-ring (bicyclic) bond motifs is 1. The van der Waals surface area contributed by atoms with Crippen LogP contribution in [0.3, 0.4) is 0 Å². The first-order chi connectivity index (χ1) is 9.86. The van der Waals surface area contributed by atoms with Crippen LogP contribution in [-0.2, 0) is 0 Å². The molecule has 0 aromatic heterocycles. The van der Waals surface area contributed by atoms with Crippen molar-refractivity contribution in [2.24, 2.45) is 11.8 Å². The van der Waals surface area contributed by atoms with Gasteiger partial charge in [0.15, 0.2) is 0 Å². The molecule has 5 rings (SSSR count). The molecule has 3 aliphatic rings. The molecule has 2 aromatic carbocycles. The first-order valence-electron chi connectivity index (χ1n) is 7.26. The Labute approximate surface area is 118 Å². The van der Waals surface area contributed by atoms with Crippen LogP contribution in [-0.4, -0.2) is 23.4 Å². The van der Waals surface area contributed by atoms with Crippen LogP contribution in [0.25, 0.3) is 0 Å². The van der Waals surface area contributed by atoms with Gasteiger partial charge >= 0.3 is 0 Å². The number of hydrogen-bond acceptors (Lipinski definition) is 2. The van der Waals surface area contributed by atoms with Gasteiger partial charge in [0.05, 0.1) is 0 Å². The van der Waals surface area contributed by atoms with Gasteiger partial charge in [-0.3, -0.25) is 0 Å². The number of aliphatic hydroxyl groups is 2. The molecule has 2 N–H and O–H groups in total. The Hall–Kier alpha value is -1.64. The minimum atomic E-state index is 0.120. The fourth-order valence-corrected chi connectivity index (χ4v) is 4.39. The Morgan fingerprint density at radius 2 is 0.900 bits per heavy atom. The molecule has 0 aliphatic heterocycles. The summed E-state index contributed by atoms with van der Waals surface area (Å²) in [5, 5.41) is 19.7. The number of rotatable bonds is 2. The fraction of sp³-hybridized carbons (Fsp3) is 0.333. The van der Waals surface area contributed by atoms with Gasteiger partial charge in [0.1, 0.15) is 0 Å². The lowest BCUT2D eigenvalue weighted by molar-refractivity contribution is 0.0809. The van der Waals surface area contributed by atoms with Gasteiger partial charge in [-0.1, -0.05) is 48.5 Å². The van der Waals surface area contributed by atoms with E-state index < -0.39 is 0 Å². The Kier molecular flexibility index (Phi) is 2.69. The summed E-state index contributed by atoms with van der Waals surface area (Å²) < 4.78 is 0. The minimum absolute atomic E-state index is 0.120. The lowest BCUT2D eigenvalue weighted by atomic mass is 9.54. The van der Waals surface area contributed by atoms with Gasteiger partial charge in [0.25, 0.3) is 0 Å². The molecule has 3 aliphatic carbocycles. The molecule has 0 unspecified atom stereocenters. The van der Waals surface area contributed by atoms with Crippen molar-refractivity contribution < 1.29 is 10.2 Å². The monoisotopic (exact) mass is 266 g/mol. The Balaban J connectivity index is 2.01. The quantitative estimate of drug-likeness (QED) is 0.876. The molecule has 0 amide bonds. The zero-order valence-electron chi connectivity index (χ0n) is 11.2. The van der Waals surface area contributed by atoms with E-state index in [1.54, 1.807) is 0 Å². The van der Waals surface area contributed by atoms with Crippen LogP contribution >= 0.6 is 0 Å². The summed E-state index contributed by atoms with van der Waals surface area (Å²) in [6, 6.07) is 17.0. The maximum absolute atomic E-state index is 9.85. The average Bonchev–Trinajstić information content (AvgIpc) is 2.53. The fourth-order valence-electron chi connectivity index (χ4n) is 4.39. The Morgan fingerprint density at radius 1 is 0.600 bits per heavy atom. The van der Waals surface area contributed by atoms with Gasteiger partial charge in [0.2, 0.25) is 0 Å². The van der Waals surface area contributed by atoms with E-state index in [1.165, 1.54) is 22.3 Å². The van der Waals surface area contributed by atoms with E-state index in [-0.39, 0.29) is 36.9 Å². The van der Waals surface area contributed by atoms with Crippen molar-refractivity contribution in [3.8, 4) is 0 Å². The molecule has 0 heterocycles. The lowest BCUT2D eigenvalue weighted by Crippen LogP contribution is -2.43. The number of benzene rings is 2. The van der Waals surface area contributed by atoms with E-state index in [1.807, 2.05) is 0 Å². The third-order valence-electron chi connectivity index (χ3n) is 5.16. The third kappa shape index (κ3) is 1.41. The standard InChI is InChI=1S/C18H18O2/c19-9-15-16(10-20)18-12-6-2-1-5-11(12)17(15)13-7-3-4-8-14(13)18/h1-8,15-20H,9-10H2/t15-,16-,17-,18-/m1/s1. The molecule has 2 nitrogen and oxygen atoms in total.